The Kier molecular flexibility index (Phi) is 7.06. The Balaban J connectivity index is 1.21. The summed E-state index contributed by atoms with van der Waals surface area (Å²) in [7, 11) is 0. The highest BCUT2D eigenvalue weighted by molar-refractivity contribution is 6.32. The van der Waals surface area contributed by atoms with Crippen molar-refractivity contribution in [3.63, 3.8) is 0 Å². The molecule has 0 bridgehead atoms. The van der Waals surface area contributed by atoms with Crippen LogP contribution in [0.1, 0.15) is 26.3 Å². The van der Waals surface area contributed by atoms with Crippen LogP contribution in [0.2, 0.25) is 5.02 Å². The van der Waals surface area contributed by atoms with Crippen molar-refractivity contribution < 1.29 is 23.7 Å². The number of carbonyl (C=O) groups is 2. The third kappa shape index (κ3) is 5.21. The van der Waals surface area contributed by atoms with Gasteiger partial charge in [-0.3, -0.25) is 19.7 Å². The largest absolute Gasteiger partial charge is 0.493 e. The predicted molar refractivity (Wildman–Crippen MR) is 144 cm³/mol. The number of amides is 1. The van der Waals surface area contributed by atoms with Crippen LogP contribution in [0.25, 0.3) is 21.9 Å². The van der Waals surface area contributed by atoms with E-state index in [-0.39, 0.29) is 22.8 Å². The Hall–Kier alpha value is -4.69. The minimum absolute atomic E-state index is 0.0655. The molecule has 190 valence electrons. The van der Waals surface area contributed by atoms with Gasteiger partial charge in [0.1, 0.15) is 21.9 Å². The van der Waals surface area contributed by atoms with Gasteiger partial charge in [0.05, 0.1) is 18.1 Å². The number of nitrogens with zero attached hydrogens (tertiary/aromatic N) is 1. The highest BCUT2D eigenvalue weighted by Crippen LogP contribution is 2.31. The van der Waals surface area contributed by atoms with Gasteiger partial charge in [0.25, 0.3) is 11.6 Å². The molecule has 1 N–H and O–H groups in total. The summed E-state index contributed by atoms with van der Waals surface area (Å²) >= 11 is 5.81. The second-order valence-electron chi connectivity index (χ2n) is 8.54. The van der Waals surface area contributed by atoms with E-state index in [2.05, 4.69) is 5.32 Å². The van der Waals surface area contributed by atoms with Crippen molar-refractivity contribution in [3.8, 4) is 5.75 Å². The number of para-hydroxylation sites is 1. The molecule has 0 saturated heterocycles. The number of nitrogens with one attached hydrogen (secondary N) is 1. The van der Waals surface area contributed by atoms with E-state index < -0.39 is 16.6 Å². The maximum atomic E-state index is 12.8. The number of fused-ring (bicyclic) bond motifs is 3. The van der Waals surface area contributed by atoms with Crippen LogP contribution in [0, 0.1) is 10.1 Å². The Bertz CT molecular complexity index is 1690. The fraction of sp³-hybridized carbons (Fsp3) is 0.103. The minimum Gasteiger partial charge on any atom is -0.493 e. The minimum atomic E-state index is -0.662. The van der Waals surface area contributed by atoms with Crippen LogP contribution < -0.4 is 10.1 Å². The number of rotatable bonds is 9. The van der Waals surface area contributed by atoms with Gasteiger partial charge in [-0.15, -0.1) is 0 Å². The quantitative estimate of drug-likeness (QED) is 0.135. The lowest BCUT2D eigenvalue weighted by molar-refractivity contribution is -0.384. The molecule has 0 saturated carbocycles. The Morgan fingerprint density at radius 1 is 0.921 bits per heavy atom. The topological polar surface area (TPSA) is 112 Å². The normalized spacial score (nSPS) is 11.0. The van der Waals surface area contributed by atoms with Crippen molar-refractivity contribution in [2.75, 3.05) is 13.2 Å². The van der Waals surface area contributed by atoms with Gasteiger partial charge in [-0.1, -0.05) is 48.0 Å². The molecule has 0 aliphatic heterocycles. The predicted octanol–water partition coefficient (Wildman–Crippen LogP) is 6.38. The summed E-state index contributed by atoms with van der Waals surface area (Å²) in [6.45, 7) is 0.00334. The molecule has 0 unspecified atom stereocenters. The maximum absolute atomic E-state index is 12.8. The molecule has 0 atom stereocenters. The third-order valence-electron chi connectivity index (χ3n) is 6.13. The number of carbonyl (C=O) groups excluding carboxylic acids is 2. The summed E-state index contributed by atoms with van der Waals surface area (Å²) in [5.74, 6) is -0.248. The molecule has 0 radical (unpaired) electrons. The Labute approximate surface area is 221 Å². The summed E-state index contributed by atoms with van der Waals surface area (Å²) in [6, 6.07) is 24.3. The highest BCUT2D eigenvalue weighted by atomic mass is 35.5. The molecular weight excluding hydrogens is 508 g/mol. The van der Waals surface area contributed by atoms with E-state index in [9.17, 15) is 19.7 Å². The first-order valence-electron chi connectivity index (χ1n) is 11.8. The molecular formula is C29H21ClN2O6. The number of furan rings is 1. The van der Waals surface area contributed by atoms with Crippen LogP contribution in [-0.2, 0) is 6.42 Å². The first kappa shape index (κ1) is 25.0. The molecule has 1 heterocycles. The molecule has 1 aromatic heterocycles. The zero-order chi connectivity index (χ0) is 26.6. The molecule has 8 nitrogen and oxygen atoms in total. The van der Waals surface area contributed by atoms with Gasteiger partial charge in [-0.2, -0.15) is 0 Å². The van der Waals surface area contributed by atoms with E-state index in [4.69, 9.17) is 20.8 Å². The molecule has 0 spiro atoms. The fourth-order valence-electron chi connectivity index (χ4n) is 4.22. The second-order valence-corrected chi connectivity index (χ2v) is 8.95. The second kappa shape index (κ2) is 10.7. The van der Waals surface area contributed by atoms with Crippen LogP contribution in [-0.4, -0.2) is 29.8 Å². The van der Waals surface area contributed by atoms with E-state index in [1.54, 1.807) is 12.1 Å². The fourth-order valence-corrected chi connectivity index (χ4v) is 4.41. The number of hydrogen-bond donors (Lipinski definition) is 1. The van der Waals surface area contributed by atoms with Crippen LogP contribution in [0.15, 0.2) is 89.3 Å². The molecule has 4 aromatic carbocycles. The average molecular weight is 529 g/mol. The highest BCUT2D eigenvalue weighted by Gasteiger charge is 2.18. The van der Waals surface area contributed by atoms with Crippen molar-refractivity contribution in [2.45, 2.75) is 6.42 Å². The first-order chi connectivity index (χ1) is 18.4. The summed E-state index contributed by atoms with van der Waals surface area (Å²) in [5, 5.41) is 15.7. The number of ketones is 1. The van der Waals surface area contributed by atoms with Crippen molar-refractivity contribution in [2.24, 2.45) is 0 Å². The first-order valence-corrected chi connectivity index (χ1v) is 12.2. The van der Waals surface area contributed by atoms with E-state index in [0.29, 0.717) is 24.3 Å². The van der Waals surface area contributed by atoms with Gasteiger partial charge in [0.15, 0.2) is 5.78 Å². The number of nitro groups is 1. The molecule has 38 heavy (non-hydrogen) atoms. The molecule has 9 heteroatoms. The van der Waals surface area contributed by atoms with Gasteiger partial charge < -0.3 is 14.5 Å². The lowest BCUT2D eigenvalue weighted by Gasteiger charge is -2.11. The number of nitro benzene ring substituents is 1. The lowest BCUT2D eigenvalue weighted by atomic mass is 10.0. The number of ether oxygens (including phenoxy) is 1. The maximum Gasteiger partial charge on any atom is 0.288 e. The van der Waals surface area contributed by atoms with Crippen molar-refractivity contribution in [3.05, 3.63) is 117 Å². The summed E-state index contributed by atoms with van der Waals surface area (Å²) in [6.07, 6.45) is 0.457. The SMILES string of the molecule is O=C(CNC(=O)c1ccccc1CCOc1ccc2c(c1)oc1ccccc12)c1ccc(Cl)c([N+](=O)[O-])c1. The monoisotopic (exact) mass is 528 g/mol. The number of benzene rings is 4. The molecule has 0 aliphatic carbocycles. The number of halogens is 1. The van der Waals surface area contributed by atoms with Crippen LogP contribution in [0.4, 0.5) is 5.69 Å². The smallest absolute Gasteiger partial charge is 0.288 e. The van der Waals surface area contributed by atoms with Gasteiger partial charge in [0, 0.05) is 40.5 Å². The van der Waals surface area contributed by atoms with Gasteiger partial charge >= 0.3 is 0 Å². The van der Waals surface area contributed by atoms with Crippen molar-refractivity contribution in [1.82, 2.24) is 5.32 Å². The third-order valence-corrected chi connectivity index (χ3v) is 6.45. The Morgan fingerprint density at radius 2 is 1.68 bits per heavy atom. The van der Waals surface area contributed by atoms with Gasteiger partial charge in [-0.25, -0.2) is 0 Å². The van der Waals surface area contributed by atoms with Gasteiger partial charge in [-0.05, 0) is 42.0 Å². The van der Waals surface area contributed by atoms with E-state index in [0.717, 1.165) is 33.6 Å². The molecule has 5 rings (SSSR count). The van der Waals surface area contributed by atoms with E-state index >= 15 is 0 Å². The van der Waals surface area contributed by atoms with E-state index in [1.165, 1.54) is 12.1 Å². The van der Waals surface area contributed by atoms with Crippen LogP contribution in [0.5, 0.6) is 5.75 Å². The molecule has 1 amide bonds. The molecule has 5 aromatic rings. The van der Waals surface area contributed by atoms with Gasteiger partial charge in [0.2, 0.25) is 0 Å². The average Bonchev–Trinajstić information content (AvgIpc) is 3.29. The van der Waals surface area contributed by atoms with E-state index in [1.807, 2.05) is 54.6 Å². The summed E-state index contributed by atoms with van der Waals surface area (Å²) < 4.78 is 11.8. The standard InChI is InChI=1S/C29H21ClN2O6/c30-24-12-9-19(15-25(24)32(35)36)26(33)17-31-29(34)21-6-2-1-5-18(21)13-14-37-20-10-11-23-22-7-3-4-8-27(22)38-28(23)16-20/h1-12,15-16H,13-14,17H2,(H,31,34). The number of hydrogen-bond acceptors (Lipinski definition) is 6. The van der Waals surface area contributed by atoms with Crippen molar-refractivity contribution >= 4 is 50.9 Å². The van der Waals surface area contributed by atoms with Crippen LogP contribution >= 0.6 is 11.6 Å². The lowest BCUT2D eigenvalue weighted by Crippen LogP contribution is -2.30. The Morgan fingerprint density at radius 3 is 2.53 bits per heavy atom. The molecule has 0 fully saturated rings. The van der Waals surface area contributed by atoms with Crippen LogP contribution in [0.3, 0.4) is 0 Å². The van der Waals surface area contributed by atoms with Crippen molar-refractivity contribution in [1.29, 1.82) is 0 Å². The summed E-state index contributed by atoms with van der Waals surface area (Å²) in [4.78, 5) is 35.8. The zero-order valence-corrected chi connectivity index (χ0v) is 20.7. The number of Topliss-reactive ketones (excluding diaryl/α,β-unsaturated/α-hetero) is 1. The molecule has 0 aliphatic rings. The summed E-state index contributed by atoms with van der Waals surface area (Å²) in [5.41, 5.74) is 2.44. The zero-order valence-electron chi connectivity index (χ0n) is 20.0.